The molecule has 1 aromatic carbocycles. The summed E-state index contributed by atoms with van der Waals surface area (Å²) in [5.41, 5.74) is 1.42. The third-order valence-electron chi connectivity index (χ3n) is 8.26. The Bertz CT molecular complexity index is 1500. The number of benzene rings is 1. The zero-order valence-electron chi connectivity index (χ0n) is 25.0. The molecular formula is C30H37FN6O5S. The Morgan fingerprint density at radius 3 is 2.70 bits per heavy atom. The second-order valence-corrected chi connectivity index (χ2v) is 12.1. The summed E-state index contributed by atoms with van der Waals surface area (Å²) in [7, 11) is 0. The summed E-state index contributed by atoms with van der Waals surface area (Å²) >= 11 is 5.74. The number of halogens is 1. The number of nitrogens with zero attached hydrogens (tertiary/aromatic N) is 5. The zero-order valence-corrected chi connectivity index (χ0v) is 25.8. The highest BCUT2D eigenvalue weighted by Crippen LogP contribution is 2.36. The van der Waals surface area contributed by atoms with E-state index in [2.05, 4.69) is 20.1 Å². The Kier molecular flexibility index (Phi) is 8.57. The SMILES string of the molecule is CCOC(=O)C1=C(CN2CCN3C(=S)N(CC(C)(C)C(=O)O)CC3C2)NC(c2ncoc2C)=NC1c1cccc(F)c1C. The smallest absolute Gasteiger partial charge is 0.338 e. The van der Waals surface area contributed by atoms with Crippen LogP contribution >= 0.6 is 12.2 Å². The second-order valence-electron chi connectivity index (χ2n) is 11.8. The number of esters is 1. The van der Waals surface area contributed by atoms with Crippen LogP contribution in [0, 0.1) is 25.1 Å². The quantitative estimate of drug-likeness (QED) is 0.321. The number of carboxylic acid groups (broad SMARTS) is 1. The predicted molar refractivity (Wildman–Crippen MR) is 161 cm³/mol. The number of thiocarbonyl (C=S) groups is 1. The van der Waals surface area contributed by atoms with Gasteiger partial charge in [-0.25, -0.2) is 14.2 Å². The summed E-state index contributed by atoms with van der Waals surface area (Å²) in [4.78, 5) is 40.8. The predicted octanol–water partition coefficient (Wildman–Crippen LogP) is 3.04. The number of carboxylic acids is 1. The molecule has 2 atom stereocenters. The third kappa shape index (κ3) is 6.00. The first-order valence-corrected chi connectivity index (χ1v) is 14.7. The first-order valence-electron chi connectivity index (χ1n) is 14.3. The van der Waals surface area contributed by atoms with Crippen molar-refractivity contribution in [2.45, 2.75) is 46.7 Å². The van der Waals surface area contributed by atoms with Crippen molar-refractivity contribution in [1.29, 1.82) is 0 Å². The molecule has 5 rings (SSSR count). The van der Waals surface area contributed by atoms with Crippen molar-refractivity contribution in [3.05, 3.63) is 64.3 Å². The van der Waals surface area contributed by atoms with Crippen molar-refractivity contribution in [3.63, 3.8) is 0 Å². The lowest BCUT2D eigenvalue weighted by atomic mass is 9.91. The number of hydrogen-bond acceptors (Lipinski definition) is 9. The van der Waals surface area contributed by atoms with Gasteiger partial charge in [0.1, 0.15) is 23.3 Å². The summed E-state index contributed by atoms with van der Waals surface area (Å²) in [5.74, 6) is -0.810. The Morgan fingerprint density at radius 2 is 2.02 bits per heavy atom. The molecule has 4 heterocycles. The van der Waals surface area contributed by atoms with E-state index in [1.54, 1.807) is 46.8 Å². The molecule has 43 heavy (non-hydrogen) atoms. The molecule has 3 aliphatic rings. The highest BCUT2D eigenvalue weighted by molar-refractivity contribution is 7.80. The van der Waals surface area contributed by atoms with Gasteiger partial charge >= 0.3 is 11.9 Å². The average molecular weight is 613 g/mol. The van der Waals surface area contributed by atoms with Gasteiger partial charge in [0.25, 0.3) is 0 Å². The van der Waals surface area contributed by atoms with Crippen molar-refractivity contribution < 1.29 is 28.2 Å². The van der Waals surface area contributed by atoms with Crippen LogP contribution < -0.4 is 5.32 Å². The topological polar surface area (TPSA) is 124 Å². The minimum absolute atomic E-state index is 0.0632. The summed E-state index contributed by atoms with van der Waals surface area (Å²) in [6.07, 6.45) is 1.33. The van der Waals surface area contributed by atoms with Gasteiger partial charge in [-0.3, -0.25) is 14.7 Å². The summed E-state index contributed by atoms with van der Waals surface area (Å²) in [6.45, 7) is 12.0. The van der Waals surface area contributed by atoms with Crippen LogP contribution in [0.1, 0.15) is 49.4 Å². The number of oxazole rings is 1. The van der Waals surface area contributed by atoms with Gasteiger partial charge < -0.3 is 29.4 Å². The minimum Gasteiger partial charge on any atom is -0.481 e. The summed E-state index contributed by atoms with van der Waals surface area (Å²) in [6, 6.07) is 4.00. The number of nitrogens with one attached hydrogen (secondary N) is 1. The average Bonchev–Trinajstić information content (AvgIpc) is 3.51. The lowest BCUT2D eigenvalue weighted by molar-refractivity contribution is -0.147. The van der Waals surface area contributed by atoms with Crippen LogP contribution in [0.2, 0.25) is 0 Å². The third-order valence-corrected chi connectivity index (χ3v) is 8.75. The van der Waals surface area contributed by atoms with Gasteiger partial charge in [0.05, 0.1) is 23.6 Å². The van der Waals surface area contributed by atoms with Crippen molar-refractivity contribution in [1.82, 2.24) is 25.0 Å². The fraction of sp³-hybridized carbons (Fsp3) is 0.500. The number of aromatic nitrogens is 1. The van der Waals surface area contributed by atoms with Crippen molar-refractivity contribution in [2.24, 2.45) is 10.4 Å². The van der Waals surface area contributed by atoms with E-state index in [0.717, 1.165) is 0 Å². The van der Waals surface area contributed by atoms with Crippen LogP contribution in [0.3, 0.4) is 0 Å². The Balaban J connectivity index is 1.47. The van der Waals surface area contributed by atoms with E-state index in [0.29, 0.717) is 84.1 Å². The number of hydrogen-bond donors (Lipinski definition) is 2. The number of carbonyl (C=O) groups excluding carboxylic acids is 1. The fourth-order valence-electron chi connectivity index (χ4n) is 5.85. The van der Waals surface area contributed by atoms with Crippen LogP contribution in [0.15, 0.2) is 45.3 Å². The number of aliphatic carboxylic acids is 1. The van der Waals surface area contributed by atoms with Crippen LogP contribution in [-0.4, -0.2) is 99.6 Å². The number of aliphatic imine (C=N–C) groups is 1. The molecule has 2 N–H and O–H groups in total. The summed E-state index contributed by atoms with van der Waals surface area (Å²) in [5, 5.41) is 13.6. The van der Waals surface area contributed by atoms with E-state index in [1.807, 2.05) is 4.90 Å². The maximum Gasteiger partial charge on any atom is 0.338 e. The van der Waals surface area contributed by atoms with Crippen molar-refractivity contribution in [2.75, 3.05) is 45.9 Å². The van der Waals surface area contributed by atoms with E-state index in [-0.39, 0.29) is 18.5 Å². The van der Waals surface area contributed by atoms with Crippen LogP contribution in [0.5, 0.6) is 0 Å². The monoisotopic (exact) mass is 612 g/mol. The molecule has 2 fully saturated rings. The van der Waals surface area contributed by atoms with Crippen molar-refractivity contribution in [3.8, 4) is 0 Å². The molecule has 2 saturated heterocycles. The van der Waals surface area contributed by atoms with E-state index >= 15 is 0 Å². The lowest BCUT2D eigenvalue weighted by Crippen LogP contribution is -2.53. The van der Waals surface area contributed by atoms with Crippen molar-refractivity contribution >= 4 is 35.1 Å². The normalized spacial score (nSPS) is 21.1. The van der Waals surface area contributed by atoms with Gasteiger partial charge in [-0.05, 0) is 64.0 Å². The largest absolute Gasteiger partial charge is 0.481 e. The maximum atomic E-state index is 14.8. The van der Waals surface area contributed by atoms with Crippen LogP contribution in [0.4, 0.5) is 4.39 Å². The molecule has 3 aliphatic heterocycles. The van der Waals surface area contributed by atoms with Gasteiger partial charge in [-0.15, -0.1) is 0 Å². The fourth-order valence-corrected chi connectivity index (χ4v) is 6.23. The molecule has 230 valence electrons. The molecule has 13 heteroatoms. The lowest BCUT2D eigenvalue weighted by Gasteiger charge is -2.39. The highest BCUT2D eigenvalue weighted by atomic mass is 32.1. The van der Waals surface area contributed by atoms with Gasteiger partial charge in [0.2, 0.25) is 0 Å². The molecule has 0 bridgehead atoms. The van der Waals surface area contributed by atoms with Crippen LogP contribution in [-0.2, 0) is 14.3 Å². The number of amidine groups is 1. The molecule has 2 unspecified atom stereocenters. The number of ether oxygens (including phenoxy) is 1. The molecule has 0 amide bonds. The number of rotatable bonds is 9. The molecule has 1 aromatic heterocycles. The maximum absolute atomic E-state index is 14.8. The van der Waals surface area contributed by atoms with Gasteiger partial charge in [-0.2, -0.15) is 0 Å². The van der Waals surface area contributed by atoms with Crippen LogP contribution in [0.25, 0.3) is 0 Å². The molecule has 11 nitrogen and oxygen atoms in total. The molecule has 0 spiro atoms. The minimum atomic E-state index is -0.942. The Labute approximate surface area is 255 Å². The van der Waals surface area contributed by atoms with E-state index in [4.69, 9.17) is 26.4 Å². The van der Waals surface area contributed by atoms with E-state index < -0.39 is 23.4 Å². The molecule has 2 aromatic rings. The van der Waals surface area contributed by atoms with E-state index in [1.165, 1.54) is 12.5 Å². The number of fused-ring (bicyclic) bond motifs is 1. The second kappa shape index (κ2) is 12.0. The molecule has 0 radical (unpaired) electrons. The number of carbonyl (C=O) groups is 2. The highest BCUT2D eigenvalue weighted by Gasteiger charge is 2.42. The number of aryl methyl sites for hydroxylation is 1. The zero-order chi connectivity index (χ0) is 31.1. The van der Waals surface area contributed by atoms with Gasteiger partial charge in [0, 0.05) is 45.0 Å². The standard InChI is InChI=1S/C30H37FN6O5S/c1-6-41-27(38)23-22(14-35-10-11-37-19(12-35)13-36(29(37)43)15-30(4,5)28(39)40)33-26(24-18(3)42-16-32-24)34-25(23)20-8-7-9-21(31)17(20)2/h7-9,16,19,25H,6,10-15H2,1-5H3,(H,33,34)(H,39,40). The Hall–Kier alpha value is -3.84. The Morgan fingerprint density at radius 1 is 1.26 bits per heavy atom. The van der Waals surface area contributed by atoms with E-state index in [9.17, 15) is 19.1 Å². The van der Waals surface area contributed by atoms with Gasteiger partial charge in [0.15, 0.2) is 17.3 Å². The molecule has 0 saturated carbocycles. The molecular weight excluding hydrogens is 575 g/mol. The first-order chi connectivity index (χ1) is 20.4. The number of piperazine rings is 1. The summed E-state index contributed by atoms with van der Waals surface area (Å²) < 4.78 is 25.7. The first kappa shape index (κ1) is 30.6. The molecule has 0 aliphatic carbocycles. The van der Waals surface area contributed by atoms with Gasteiger partial charge in [-0.1, -0.05) is 12.1 Å².